The number of carbonyl (C=O) groups is 1. The number of benzene rings is 1. The van der Waals surface area contributed by atoms with E-state index < -0.39 is 0 Å². The second kappa shape index (κ2) is 7.14. The minimum Gasteiger partial charge on any atom is -0.495 e. The molecular formula is C12H15N3O3. The number of nitrogens with one attached hydrogen (secondary N) is 2. The van der Waals surface area contributed by atoms with E-state index in [4.69, 9.17) is 14.7 Å². The Morgan fingerprint density at radius 3 is 2.83 bits per heavy atom. The van der Waals surface area contributed by atoms with Crippen molar-refractivity contribution in [2.45, 2.75) is 0 Å². The van der Waals surface area contributed by atoms with Crippen molar-refractivity contribution >= 4 is 11.7 Å². The van der Waals surface area contributed by atoms with Crippen LogP contribution in [-0.2, 0) is 4.74 Å². The van der Waals surface area contributed by atoms with E-state index in [0.717, 1.165) is 0 Å². The average molecular weight is 249 g/mol. The molecule has 0 spiro atoms. The quantitative estimate of drug-likeness (QED) is 0.771. The third-order valence-corrected chi connectivity index (χ3v) is 2.17. The van der Waals surface area contributed by atoms with E-state index in [9.17, 15) is 4.79 Å². The van der Waals surface area contributed by atoms with Crippen LogP contribution in [0.25, 0.3) is 0 Å². The molecule has 6 heteroatoms. The van der Waals surface area contributed by atoms with Crippen LogP contribution in [-0.4, -0.2) is 33.4 Å². The third-order valence-electron chi connectivity index (χ3n) is 2.17. The van der Waals surface area contributed by atoms with Gasteiger partial charge in [0.1, 0.15) is 5.75 Å². The fourth-order valence-electron chi connectivity index (χ4n) is 1.31. The average Bonchev–Trinajstić information content (AvgIpc) is 2.39. The van der Waals surface area contributed by atoms with Crippen molar-refractivity contribution in [1.29, 1.82) is 5.26 Å². The Kier molecular flexibility index (Phi) is 5.48. The first-order valence-corrected chi connectivity index (χ1v) is 5.33. The molecule has 2 amide bonds. The molecule has 0 aromatic heterocycles. The summed E-state index contributed by atoms with van der Waals surface area (Å²) < 4.78 is 9.91. The van der Waals surface area contributed by atoms with Gasteiger partial charge in [-0.1, -0.05) is 0 Å². The van der Waals surface area contributed by atoms with Gasteiger partial charge >= 0.3 is 6.03 Å². The summed E-state index contributed by atoms with van der Waals surface area (Å²) >= 11 is 0. The lowest BCUT2D eigenvalue weighted by Crippen LogP contribution is -2.31. The van der Waals surface area contributed by atoms with Crippen molar-refractivity contribution < 1.29 is 14.3 Å². The fraction of sp³-hybridized carbons (Fsp3) is 0.333. The largest absolute Gasteiger partial charge is 0.495 e. The number of nitriles is 1. The second-order valence-electron chi connectivity index (χ2n) is 3.40. The van der Waals surface area contributed by atoms with Crippen molar-refractivity contribution in [3.63, 3.8) is 0 Å². The van der Waals surface area contributed by atoms with Gasteiger partial charge in [-0.25, -0.2) is 4.79 Å². The van der Waals surface area contributed by atoms with Crippen molar-refractivity contribution in [1.82, 2.24) is 5.32 Å². The van der Waals surface area contributed by atoms with Crippen molar-refractivity contribution in [3.8, 4) is 11.8 Å². The maximum absolute atomic E-state index is 11.5. The summed E-state index contributed by atoms with van der Waals surface area (Å²) in [6.45, 7) is 0.839. The van der Waals surface area contributed by atoms with Gasteiger partial charge in [-0.3, -0.25) is 0 Å². The van der Waals surface area contributed by atoms with Crippen LogP contribution in [0.4, 0.5) is 10.5 Å². The predicted molar refractivity (Wildman–Crippen MR) is 66.6 cm³/mol. The molecular weight excluding hydrogens is 234 g/mol. The number of carbonyl (C=O) groups excluding carboxylic acids is 1. The first kappa shape index (κ1) is 13.8. The fourth-order valence-corrected chi connectivity index (χ4v) is 1.31. The summed E-state index contributed by atoms with van der Waals surface area (Å²) in [5, 5.41) is 14.0. The summed E-state index contributed by atoms with van der Waals surface area (Å²) in [6, 6.07) is 6.42. The van der Waals surface area contributed by atoms with E-state index >= 15 is 0 Å². The maximum atomic E-state index is 11.5. The number of rotatable bonds is 5. The highest BCUT2D eigenvalue weighted by molar-refractivity contribution is 5.91. The number of amides is 2. The van der Waals surface area contributed by atoms with E-state index in [0.29, 0.717) is 30.2 Å². The summed E-state index contributed by atoms with van der Waals surface area (Å²) in [7, 11) is 3.05. The molecule has 0 aliphatic heterocycles. The molecule has 0 unspecified atom stereocenters. The van der Waals surface area contributed by atoms with Gasteiger partial charge in [0, 0.05) is 13.7 Å². The van der Waals surface area contributed by atoms with Crippen molar-refractivity contribution in [2.75, 3.05) is 32.7 Å². The Morgan fingerprint density at radius 1 is 1.44 bits per heavy atom. The lowest BCUT2D eigenvalue weighted by Gasteiger charge is -2.11. The zero-order valence-electron chi connectivity index (χ0n) is 10.3. The topological polar surface area (TPSA) is 83.4 Å². The zero-order valence-corrected chi connectivity index (χ0v) is 10.3. The van der Waals surface area contributed by atoms with E-state index in [1.54, 1.807) is 25.3 Å². The Morgan fingerprint density at radius 2 is 2.22 bits per heavy atom. The van der Waals surface area contributed by atoms with E-state index in [2.05, 4.69) is 10.6 Å². The van der Waals surface area contributed by atoms with Crippen molar-refractivity contribution in [3.05, 3.63) is 23.8 Å². The monoisotopic (exact) mass is 249 g/mol. The number of nitrogens with zero attached hydrogens (tertiary/aromatic N) is 1. The molecule has 2 N–H and O–H groups in total. The molecule has 6 nitrogen and oxygen atoms in total. The third kappa shape index (κ3) is 3.96. The Balaban J connectivity index is 2.70. The molecule has 0 saturated heterocycles. The standard InChI is InChI=1S/C12H15N3O3/c1-17-6-5-14-12(16)15-10-7-9(8-13)3-4-11(10)18-2/h3-4,7H,5-6H2,1-2H3,(H2,14,15,16). The molecule has 0 bridgehead atoms. The lowest BCUT2D eigenvalue weighted by atomic mass is 10.2. The number of hydrogen-bond donors (Lipinski definition) is 2. The molecule has 96 valence electrons. The highest BCUT2D eigenvalue weighted by Crippen LogP contribution is 2.24. The minimum atomic E-state index is -0.375. The molecule has 1 rings (SSSR count). The molecule has 18 heavy (non-hydrogen) atoms. The highest BCUT2D eigenvalue weighted by Gasteiger charge is 2.07. The zero-order chi connectivity index (χ0) is 13.4. The van der Waals surface area contributed by atoms with Crippen LogP contribution < -0.4 is 15.4 Å². The molecule has 1 aromatic rings. The van der Waals surface area contributed by atoms with E-state index in [-0.39, 0.29) is 6.03 Å². The lowest BCUT2D eigenvalue weighted by molar-refractivity contribution is 0.198. The number of methoxy groups -OCH3 is 2. The molecule has 0 saturated carbocycles. The van der Waals surface area contributed by atoms with Gasteiger partial charge in [0.05, 0.1) is 31.0 Å². The van der Waals surface area contributed by atoms with Crippen LogP contribution in [0.5, 0.6) is 5.75 Å². The van der Waals surface area contributed by atoms with Crippen LogP contribution in [0.1, 0.15) is 5.56 Å². The second-order valence-corrected chi connectivity index (χ2v) is 3.40. The van der Waals surface area contributed by atoms with E-state index in [1.807, 2.05) is 6.07 Å². The smallest absolute Gasteiger partial charge is 0.319 e. The van der Waals surface area contributed by atoms with E-state index in [1.165, 1.54) is 7.11 Å². The van der Waals surface area contributed by atoms with Crippen molar-refractivity contribution in [2.24, 2.45) is 0 Å². The van der Waals surface area contributed by atoms with Gasteiger partial charge in [-0.15, -0.1) is 0 Å². The first-order chi connectivity index (χ1) is 8.71. The van der Waals surface area contributed by atoms with Crippen LogP contribution in [0.15, 0.2) is 18.2 Å². The van der Waals surface area contributed by atoms with Crippen LogP contribution in [0, 0.1) is 11.3 Å². The Labute approximate surface area is 106 Å². The summed E-state index contributed by atoms with van der Waals surface area (Å²) in [4.78, 5) is 11.5. The van der Waals surface area contributed by atoms with Gasteiger partial charge in [0.15, 0.2) is 0 Å². The Hall–Kier alpha value is -2.26. The molecule has 1 aromatic carbocycles. The van der Waals surface area contributed by atoms with Crippen LogP contribution in [0.2, 0.25) is 0 Å². The number of anilines is 1. The summed E-state index contributed by atoms with van der Waals surface area (Å²) in [5.74, 6) is 0.496. The number of ether oxygens (including phenoxy) is 2. The molecule has 0 heterocycles. The van der Waals surface area contributed by atoms with Gasteiger partial charge < -0.3 is 20.1 Å². The number of hydrogen-bond acceptors (Lipinski definition) is 4. The molecule has 0 aliphatic rings. The number of urea groups is 1. The normalized spacial score (nSPS) is 9.39. The van der Waals surface area contributed by atoms with Crippen LogP contribution >= 0.6 is 0 Å². The SMILES string of the molecule is COCCNC(=O)Nc1cc(C#N)ccc1OC. The van der Waals surface area contributed by atoms with Crippen LogP contribution in [0.3, 0.4) is 0 Å². The van der Waals surface area contributed by atoms with Gasteiger partial charge in [-0.2, -0.15) is 5.26 Å². The van der Waals surface area contributed by atoms with Gasteiger partial charge in [-0.05, 0) is 18.2 Å². The van der Waals surface area contributed by atoms with Gasteiger partial charge in [0.2, 0.25) is 0 Å². The first-order valence-electron chi connectivity index (χ1n) is 5.33. The highest BCUT2D eigenvalue weighted by atomic mass is 16.5. The van der Waals surface area contributed by atoms with Gasteiger partial charge in [0.25, 0.3) is 0 Å². The molecule has 0 fully saturated rings. The minimum absolute atomic E-state index is 0.375. The predicted octanol–water partition coefficient (Wildman–Crippen LogP) is 1.33. The Bertz CT molecular complexity index is 454. The molecule has 0 radical (unpaired) electrons. The summed E-state index contributed by atoms with van der Waals surface area (Å²) in [5.41, 5.74) is 0.898. The maximum Gasteiger partial charge on any atom is 0.319 e. The molecule has 0 aliphatic carbocycles. The summed E-state index contributed by atoms with van der Waals surface area (Å²) in [6.07, 6.45) is 0. The molecule has 0 atom stereocenters.